The molecule has 32 heavy (non-hydrogen) atoms. The van der Waals surface area contributed by atoms with E-state index >= 15 is 0 Å². The van der Waals surface area contributed by atoms with Crippen molar-refractivity contribution in [3.8, 4) is 11.5 Å². The number of nitrogens with one attached hydrogen (secondary N) is 1. The molecule has 8 heteroatoms. The first-order valence-corrected chi connectivity index (χ1v) is 11.5. The van der Waals surface area contributed by atoms with E-state index in [2.05, 4.69) is 24.4 Å². The molecule has 0 aromatic heterocycles. The SMILES string of the molecule is CCOc1cc(/C=N/NC(=O)C23CC4CC(C)(CC(C)(C4)C2)C3)cc([N+](=O)[O-])c1OCC. The number of carbonyl (C=O) groups excluding carboxylic acids is 1. The first-order valence-electron chi connectivity index (χ1n) is 11.5. The normalized spacial score (nSPS) is 32.8. The molecule has 0 spiro atoms. The second kappa shape index (κ2) is 8.05. The van der Waals surface area contributed by atoms with Crippen molar-refractivity contribution in [2.24, 2.45) is 27.3 Å². The summed E-state index contributed by atoms with van der Waals surface area (Å²) in [5, 5.41) is 15.7. The predicted molar refractivity (Wildman–Crippen MR) is 121 cm³/mol. The van der Waals surface area contributed by atoms with E-state index in [1.807, 2.05) is 0 Å². The minimum Gasteiger partial charge on any atom is -0.490 e. The van der Waals surface area contributed by atoms with Gasteiger partial charge >= 0.3 is 5.69 Å². The molecule has 0 saturated heterocycles. The number of hydrogen-bond donors (Lipinski definition) is 1. The van der Waals surface area contributed by atoms with Gasteiger partial charge in [0, 0.05) is 11.6 Å². The summed E-state index contributed by atoms with van der Waals surface area (Å²) in [7, 11) is 0. The summed E-state index contributed by atoms with van der Waals surface area (Å²) in [6.07, 6.45) is 7.83. The van der Waals surface area contributed by atoms with Crippen molar-refractivity contribution < 1.29 is 19.2 Å². The van der Waals surface area contributed by atoms with E-state index in [9.17, 15) is 14.9 Å². The molecule has 4 aliphatic rings. The molecule has 1 amide bonds. The Morgan fingerprint density at radius 2 is 1.81 bits per heavy atom. The van der Waals surface area contributed by atoms with Crippen LogP contribution >= 0.6 is 0 Å². The fraction of sp³-hybridized carbons (Fsp3) is 0.667. The van der Waals surface area contributed by atoms with E-state index in [1.54, 1.807) is 19.9 Å². The maximum atomic E-state index is 13.3. The van der Waals surface area contributed by atoms with Crippen LogP contribution in [0, 0.1) is 32.3 Å². The molecule has 174 valence electrons. The van der Waals surface area contributed by atoms with Crippen LogP contribution in [0.3, 0.4) is 0 Å². The van der Waals surface area contributed by atoms with Crippen LogP contribution in [0.5, 0.6) is 11.5 Å². The number of hydrogen-bond acceptors (Lipinski definition) is 6. The number of nitrogens with zero attached hydrogens (tertiary/aromatic N) is 2. The molecule has 1 aromatic rings. The lowest BCUT2D eigenvalue weighted by Crippen LogP contribution is -2.59. The van der Waals surface area contributed by atoms with Gasteiger partial charge in [0.15, 0.2) is 5.75 Å². The Kier molecular flexibility index (Phi) is 5.67. The number of amides is 1. The quantitative estimate of drug-likeness (QED) is 0.352. The molecular formula is C24H33N3O5. The molecule has 0 aliphatic heterocycles. The highest BCUT2D eigenvalue weighted by molar-refractivity contribution is 5.87. The zero-order chi connectivity index (χ0) is 23.1. The molecule has 4 saturated carbocycles. The summed E-state index contributed by atoms with van der Waals surface area (Å²) < 4.78 is 11.0. The molecule has 4 aliphatic carbocycles. The van der Waals surface area contributed by atoms with Crippen LogP contribution in [0.15, 0.2) is 17.2 Å². The highest BCUT2D eigenvalue weighted by atomic mass is 16.6. The Bertz CT molecular complexity index is 941. The summed E-state index contributed by atoms with van der Waals surface area (Å²) in [4.78, 5) is 24.3. The Labute approximate surface area is 188 Å². The topological polar surface area (TPSA) is 103 Å². The van der Waals surface area contributed by atoms with E-state index in [1.165, 1.54) is 31.5 Å². The summed E-state index contributed by atoms with van der Waals surface area (Å²) in [6, 6.07) is 3.03. The van der Waals surface area contributed by atoms with E-state index in [-0.39, 0.29) is 40.2 Å². The third-order valence-corrected chi connectivity index (χ3v) is 7.33. The monoisotopic (exact) mass is 443 g/mol. The number of carbonyl (C=O) groups is 1. The second-order valence-corrected chi connectivity index (χ2v) is 10.6. The summed E-state index contributed by atoms with van der Waals surface area (Å²) in [5.74, 6) is 0.980. The van der Waals surface area contributed by atoms with Gasteiger partial charge in [-0.1, -0.05) is 13.8 Å². The van der Waals surface area contributed by atoms with E-state index < -0.39 is 4.92 Å². The minimum absolute atomic E-state index is 0.0271. The zero-order valence-corrected chi connectivity index (χ0v) is 19.4. The number of hydrazone groups is 1. The third kappa shape index (κ3) is 4.07. The average Bonchev–Trinajstić information content (AvgIpc) is 2.67. The molecular weight excluding hydrogens is 410 g/mol. The van der Waals surface area contributed by atoms with Crippen LogP contribution in [0.2, 0.25) is 0 Å². The van der Waals surface area contributed by atoms with Gasteiger partial charge in [-0.05, 0) is 75.2 Å². The molecule has 1 aromatic carbocycles. The summed E-state index contributed by atoms with van der Waals surface area (Å²) in [6.45, 7) is 8.84. The van der Waals surface area contributed by atoms with Crippen LogP contribution in [0.25, 0.3) is 0 Å². The standard InChI is InChI=1S/C24H33N3O5/c1-5-31-19-8-16(7-18(27(29)30)20(19)32-6-2)12-25-26-21(28)24-11-17-9-22(3,14-24)13-23(4,10-17)15-24/h7-8,12,17H,5-6,9-11,13-15H2,1-4H3,(H,26,28)/b25-12+. The zero-order valence-electron chi connectivity index (χ0n) is 19.4. The van der Waals surface area contributed by atoms with E-state index in [0.29, 0.717) is 23.8 Å². The maximum Gasteiger partial charge on any atom is 0.315 e. The summed E-state index contributed by atoms with van der Waals surface area (Å²) >= 11 is 0. The van der Waals surface area contributed by atoms with Crippen molar-refractivity contribution in [2.75, 3.05) is 13.2 Å². The number of benzene rings is 1. The van der Waals surface area contributed by atoms with Crippen LogP contribution < -0.4 is 14.9 Å². The lowest BCUT2D eigenvalue weighted by Gasteiger charge is -2.64. The predicted octanol–water partition coefficient (Wildman–Crippen LogP) is 4.84. The van der Waals surface area contributed by atoms with Gasteiger partial charge in [0.05, 0.1) is 29.8 Å². The Morgan fingerprint density at radius 1 is 1.16 bits per heavy atom. The molecule has 2 atom stereocenters. The van der Waals surface area contributed by atoms with Gasteiger partial charge in [-0.2, -0.15) is 5.10 Å². The second-order valence-electron chi connectivity index (χ2n) is 10.6. The molecule has 5 rings (SSSR count). The van der Waals surface area contributed by atoms with Crippen molar-refractivity contribution in [1.29, 1.82) is 0 Å². The van der Waals surface area contributed by atoms with Crippen LogP contribution in [0.4, 0.5) is 5.69 Å². The first-order chi connectivity index (χ1) is 15.1. The Balaban J connectivity index is 1.54. The van der Waals surface area contributed by atoms with Gasteiger partial charge in [0.25, 0.3) is 0 Å². The van der Waals surface area contributed by atoms with Gasteiger partial charge in [-0.15, -0.1) is 0 Å². The van der Waals surface area contributed by atoms with Crippen molar-refractivity contribution in [1.82, 2.24) is 5.43 Å². The molecule has 1 N–H and O–H groups in total. The average molecular weight is 444 g/mol. The van der Waals surface area contributed by atoms with E-state index in [4.69, 9.17) is 9.47 Å². The van der Waals surface area contributed by atoms with Crippen molar-refractivity contribution in [3.05, 3.63) is 27.8 Å². The lowest BCUT2D eigenvalue weighted by atomic mass is 9.40. The maximum absolute atomic E-state index is 13.3. The molecule has 2 unspecified atom stereocenters. The molecule has 8 nitrogen and oxygen atoms in total. The third-order valence-electron chi connectivity index (χ3n) is 7.33. The Hall–Kier alpha value is -2.64. The number of rotatable bonds is 8. The highest BCUT2D eigenvalue weighted by Crippen LogP contribution is 2.69. The van der Waals surface area contributed by atoms with Crippen molar-refractivity contribution in [2.45, 2.75) is 66.2 Å². The fourth-order valence-electron chi connectivity index (χ4n) is 7.36. The molecule has 4 fully saturated rings. The van der Waals surface area contributed by atoms with Crippen molar-refractivity contribution >= 4 is 17.8 Å². The van der Waals surface area contributed by atoms with Gasteiger partial charge in [0.1, 0.15) is 0 Å². The summed E-state index contributed by atoms with van der Waals surface area (Å²) in [5.41, 5.74) is 3.14. The van der Waals surface area contributed by atoms with Crippen LogP contribution in [-0.2, 0) is 4.79 Å². The largest absolute Gasteiger partial charge is 0.490 e. The van der Waals surface area contributed by atoms with Gasteiger partial charge in [-0.3, -0.25) is 14.9 Å². The van der Waals surface area contributed by atoms with E-state index in [0.717, 1.165) is 19.3 Å². The van der Waals surface area contributed by atoms with Crippen LogP contribution in [-0.4, -0.2) is 30.3 Å². The van der Waals surface area contributed by atoms with Gasteiger partial charge in [-0.25, -0.2) is 5.43 Å². The Morgan fingerprint density at radius 3 is 2.38 bits per heavy atom. The smallest absolute Gasteiger partial charge is 0.315 e. The first kappa shape index (κ1) is 22.6. The van der Waals surface area contributed by atoms with Crippen molar-refractivity contribution in [3.63, 3.8) is 0 Å². The minimum atomic E-state index is -0.500. The lowest BCUT2D eigenvalue weighted by molar-refractivity contribution is -0.385. The molecule has 0 radical (unpaired) electrons. The number of ether oxygens (including phenoxy) is 2. The van der Waals surface area contributed by atoms with Gasteiger partial charge < -0.3 is 9.47 Å². The highest BCUT2D eigenvalue weighted by Gasteiger charge is 2.62. The van der Waals surface area contributed by atoms with Crippen LogP contribution in [0.1, 0.15) is 71.8 Å². The molecule has 4 bridgehead atoms. The fourth-order valence-corrected chi connectivity index (χ4v) is 7.36. The number of nitro benzene ring substituents is 1. The molecule has 0 heterocycles. The number of nitro groups is 1. The van der Waals surface area contributed by atoms with Gasteiger partial charge in [0.2, 0.25) is 11.7 Å².